The molecule has 0 amide bonds. The Balaban J connectivity index is 0.000000220. The minimum Gasteiger partial charge on any atom is -0.392 e. The van der Waals surface area contributed by atoms with Crippen LogP contribution in [0.4, 0.5) is 0 Å². The van der Waals surface area contributed by atoms with E-state index in [1.165, 1.54) is 23.8 Å². The van der Waals surface area contributed by atoms with E-state index in [4.69, 9.17) is 4.98 Å². The molecule has 1 aromatic heterocycles. The number of nitrogens with zero attached hydrogens (tertiary/aromatic N) is 1. The van der Waals surface area contributed by atoms with Gasteiger partial charge in [0.25, 0.3) is 0 Å². The molecule has 41 heavy (non-hydrogen) atoms. The number of aromatic nitrogens is 1. The fourth-order valence-electron chi connectivity index (χ4n) is 7.71. The van der Waals surface area contributed by atoms with Crippen LogP contribution in [-0.4, -0.2) is 27.4 Å². The van der Waals surface area contributed by atoms with E-state index >= 15 is 0 Å². The summed E-state index contributed by atoms with van der Waals surface area (Å²) in [5.74, 6) is 0.636. The first-order chi connectivity index (χ1) is 19.0. The van der Waals surface area contributed by atoms with Gasteiger partial charge < -0.3 is 10.2 Å². The molecule has 1 heterocycles. The molecule has 2 aliphatic rings. The predicted molar refractivity (Wildman–Crippen MR) is 168 cm³/mol. The molecule has 227 valence electrons. The van der Waals surface area contributed by atoms with E-state index in [1.54, 1.807) is 0 Å². The fraction of sp³-hybridized carbons (Fsp3) is 0.595. The fourth-order valence-corrected chi connectivity index (χ4v) is 7.71. The number of rotatable bonds is 5. The van der Waals surface area contributed by atoms with Crippen LogP contribution in [0.3, 0.4) is 0 Å². The average Bonchev–Trinajstić information content (AvgIpc) is 3.17. The van der Waals surface area contributed by atoms with Crippen LogP contribution >= 0.6 is 0 Å². The van der Waals surface area contributed by atoms with Crippen molar-refractivity contribution < 1.29 is 30.3 Å². The summed E-state index contributed by atoms with van der Waals surface area (Å²) in [7, 11) is 0. The molecule has 0 bridgehead atoms. The number of fused-ring (bicyclic) bond motifs is 2. The number of hydrogen-bond donors (Lipinski definition) is 2. The Hall–Kier alpha value is -1.58. The molecule has 1 radical (unpaired) electrons. The van der Waals surface area contributed by atoms with Gasteiger partial charge in [-0.15, -0.1) is 35.9 Å². The van der Waals surface area contributed by atoms with Crippen molar-refractivity contribution in [3.8, 4) is 11.3 Å². The standard InChI is InChI=1S/C19H18N.C18H34O2.Ir/c1-19(2,3)16-11-9-15-10-12-17(20-18(15)13-16)14-7-5-4-6-8-14;1-5-17(6-2)11-9-10-13-12-18(7-3,8-4)16(20)14(13)15(17)19;/h4-7,9-13H,1-3H3;13-16,19-20H,5-12H2,1-4H3;/q-1;;. The third kappa shape index (κ3) is 6.82. The number of pyridine rings is 1. The van der Waals surface area contributed by atoms with Crippen molar-refractivity contribution in [2.75, 3.05) is 0 Å². The van der Waals surface area contributed by atoms with Gasteiger partial charge >= 0.3 is 0 Å². The molecule has 2 aliphatic carbocycles. The van der Waals surface area contributed by atoms with Gasteiger partial charge in [-0.2, -0.15) is 0 Å². The second-order valence-corrected chi connectivity index (χ2v) is 13.6. The largest absolute Gasteiger partial charge is 0.392 e. The van der Waals surface area contributed by atoms with E-state index in [1.807, 2.05) is 24.3 Å². The maximum absolute atomic E-state index is 11.1. The van der Waals surface area contributed by atoms with Crippen LogP contribution in [0.15, 0.2) is 54.6 Å². The Morgan fingerprint density at radius 2 is 1.51 bits per heavy atom. The van der Waals surface area contributed by atoms with Crippen LogP contribution in [0, 0.1) is 28.7 Å². The van der Waals surface area contributed by atoms with E-state index in [9.17, 15) is 10.2 Å². The van der Waals surface area contributed by atoms with Crippen molar-refractivity contribution in [3.05, 3.63) is 66.2 Å². The van der Waals surface area contributed by atoms with E-state index in [0.29, 0.717) is 5.92 Å². The number of hydrogen-bond acceptors (Lipinski definition) is 3. The SMILES string of the molecule is CC(C)(C)c1ccc2ccc(-c3[c-]cccc3)nc2c1.CCC1(CC)CCCC2CC(CC)(CC)C(O)C2C1O.[Ir]. The van der Waals surface area contributed by atoms with Gasteiger partial charge in [0.1, 0.15) is 0 Å². The van der Waals surface area contributed by atoms with E-state index in [2.05, 4.69) is 84.9 Å². The zero-order valence-electron chi connectivity index (χ0n) is 26.3. The first-order valence-corrected chi connectivity index (χ1v) is 15.8. The summed E-state index contributed by atoms with van der Waals surface area (Å²) >= 11 is 0. The topological polar surface area (TPSA) is 53.4 Å². The van der Waals surface area contributed by atoms with Crippen LogP contribution in [-0.2, 0) is 25.5 Å². The zero-order chi connectivity index (χ0) is 29.1. The molecule has 3 nitrogen and oxygen atoms in total. The van der Waals surface area contributed by atoms with Crippen molar-refractivity contribution in [2.24, 2.45) is 22.7 Å². The van der Waals surface area contributed by atoms with Gasteiger partial charge in [-0.3, -0.25) is 4.98 Å². The normalized spacial score (nSPS) is 24.9. The maximum Gasteiger partial charge on any atom is 0.0651 e. The second-order valence-electron chi connectivity index (χ2n) is 13.6. The molecule has 2 saturated carbocycles. The molecule has 4 heteroatoms. The first kappa shape index (κ1) is 33.9. The second kappa shape index (κ2) is 13.8. The van der Waals surface area contributed by atoms with Crippen LogP contribution in [0.2, 0.25) is 0 Å². The molecule has 4 atom stereocenters. The van der Waals surface area contributed by atoms with Gasteiger partial charge in [0, 0.05) is 26.0 Å². The summed E-state index contributed by atoms with van der Waals surface area (Å²) in [5, 5.41) is 23.3. The van der Waals surface area contributed by atoms with Gasteiger partial charge in [0.05, 0.1) is 17.7 Å². The number of aliphatic hydroxyl groups is 2. The van der Waals surface area contributed by atoms with Crippen LogP contribution in [0.25, 0.3) is 22.2 Å². The predicted octanol–water partition coefficient (Wildman–Crippen LogP) is 9.14. The molecule has 2 fully saturated rings. The summed E-state index contributed by atoms with van der Waals surface area (Å²) in [6.07, 6.45) is 8.17. The summed E-state index contributed by atoms with van der Waals surface area (Å²) in [5.41, 5.74) is 4.61. The minimum atomic E-state index is -0.319. The molecule has 0 aliphatic heterocycles. The van der Waals surface area contributed by atoms with E-state index < -0.39 is 0 Å². The Morgan fingerprint density at radius 3 is 2.10 bits per heavy atom. The van der Waals surface area contributed by atoms with Gasteiger partial charge in [-0.1, -0.05) is 79.2 Å². The van der Waals surface area contributed by atoms with Crippen molar-refractivity contribution in [1.29, 1.82) is 0 Å². The number of benzene rings is 2. The molecule has 0 saturated heterocycles. The Morgan fingerprint density at radius 1 is 0.878 bits per heavy atom. The minimum absolute atomic E-state index is 0. The smallest absolute Gasteiger partial charge is 0.0651 e. The average molecular weight is 735 g/mol. The Kier molecular flexibility index (Phi) is 11.4. The summed E-state index contributed by atoms with van der Waals surface area (Å²) in [6, 6.07) is 21.9. The third-order valence-electron chi connectivity index (χ3n) is 10.8. The van der Waals surface area contributed by atoms with Gasteiger partial charge in [-0.05, 0) is 89.8 Å². The van der Waals surface area contributed by atoms with Crippen LogP contribution < -0.4 is 0 Å². The van der Waals surface area contributed by atoms with Gasteiger partial charge in [0.15, 0.2) is 0 Å². The monoisotopic (exact) mass is 735 g/mol. The van der Waals surface area contributed by atoms with Crippen LogP contribution in [0.1, 0.15) is 105 Å². The quantitative estimate of drug-likeness (QED) is 0.257. The Bertz CT molecular complexity index is 1240. The van der Waals surface area contributed by atoms with E-state index in [-0.39, 0.29) is 54.5 Å². The summed E-state index contributed by atoms with van der Waals surface area (Å²) < 4.78 is 0. The molecule has 2 N–H and O–H groups in total. The van der Waals surface area contributed by atoms with Crippen molar-refractivity contribution in [3.63, 3.8) is 0 Å². The molecule has 3 aromatic rings. The molecule has 4 unspecified atom stereocenters. The van der Waals surface area contributed by atoms with Crippen molar-refractivity contribution in [2.45, 2.75) is 117 Å². The molecular weight excluding hydrogens is 683 g/mol. The first-order valence-electron chi connectivity index (χ1n) is 15.8. The van der Waals surface area contributed by atoms with Crippen molar-refractivity contribution in [1.82, 2.24) is 4.98 Å². The zero-order valence-corrected chi connectivity index (χ0v) is 28.7. The summed E-state index contributed by atoms with van der Waals surface area (Å²) in [4.78, 5) is 4.79. The third-order valence-corrected chi connectivity index (χ3v) is 10.8. The van der Waals surface area contributed by atoms with Gasteiger partial charge in [0.2, 0.25) is 0 Å². The maximum atomic E-state index is 11.1. The number of aliphatic hydroxyl groups excluding tert-OH is 2. The molecule has 0 spiro atoms. The summed E-state index contributed by atoms with van der Waals surface area (Å²) in [6.45, 7) is 15.5. The van der Waals surface area contributed by atoms with Crippen LogP contribution in [0.5, 0.6) is 0 Å². The molecule has 2 aromatic carbocycles. The van der Waals surface area contributed by atoms with Gasteiger partial charge in [-0.25, -0.2) is 0 Å². The Labute approximate surface area is 262 Å². The molecule has 5 rings (SSSR count). The van der Waals surface area contributed by atoms with Crippen molar-refractivity contribution >= 4 is 10.9 Å². The molecular formula is C37H52IrNO2-. The van der Waals surface area contributed by atoms with E-state index in [0.717, 1.165) is 55.3 Å².